The molecule has 12 nitrogen and oxygen atoms in total. The zero-order chi connectivity index (χ0) is 33.3. The third-order valence-corrected chi connectivity index (χ3v) is 8.78. The molecule has 0 saturated heterocycles. The second-order valence-electron chi connectivity index (χ2n) is 12.3. The fourth-order valence-electron chi connectivity index (χ4n) is 5.91. The van der Waals surface area contributed by atoms with Gasteiger partial charge >= 0.3 is 0 Å². The van der Waals surface area contributed by atoms with Crippen molar-refractivity contribution in [1.82, 2.24) is 31.3 Å². The van der Waals surface area contributed by atoms with E-state index in [1.54, 1.807) is 37.3 Å². The van der Waals surface area contributed by atoms with Crippen molar-refractivity contribution < 1.29 is 19.5 Å². The van der Waals surface area contributed by atoms with Crippen LogP contribution in [-0.2, 0) is 16.0 Å². The second-order valence-corrected chi connectivity index (χ2v) is 12.3. The number of aliphatic hydroxyl groups excluding tert-OH is 1. The minimum Gasteiger partial charge on any atom is -0.394 e. The first kappa shape index (κ1) is 36.2. The van der Waals surface area contributed by atoms with Gasteiger partial charge in [0.1, 0.15) is 6.04 Å². The number of halogens is 1. The summed E-state index contributed by atoms with van der Waals surface area (Å²) < 4.78 is 0. The zero-order valence-electron chi connectivity index (χ0n) is 27.1. The summed E-state index contributed by atoms with van der Waals surface area (Å²) >= 11 is 0. The summed E-state index contributed by atoms with van der Waals surface area (Å²) in [6, 6.07) is 19.3. The van der Waals surface area contributed by atoms with Gasteiger partial charge in [0.05, 0.1) is 6.61 Å². The number of aromatic amines is 1. The molecule has 3 amide bonds. The Balaban J connectivity index is 0.00000520. The van der Waals surface area contributed by atoms with Gasteiger partial charge < -0.3 is 26.8 Å². The molecular formula is C35H43ClN8O4. The Kier molecular flexibility index (Phi) is 12.8. The highest BCUT2D eigenvalue weighted by Gasteiger charge is 2.29. The zero-order valence-corrected chi connectivity index (χ0v) is 27.9. The molecule has 254 valence electrons. The largest absolute Gasteiger partial charge is 0.394 e. The van der Waals surface area contributed by atoms with Gasteiger partial charge in [-0.1, -0.05) is 30.3 Å². The minimum atomic E-state index is -0.793. The number of aliphatic hydroxyl groups is 1. The molecule has 1 aromatic heterocycles. The minimum absolute atomic E-state index is 0. The molecule has 1 aliphatic rings. The van der Waals surface area contributed by atoms with Crippen LogP contribution in [0.5, 0.6) is 0 Å². The summed E-state index contributed by atoms with van der Waals surface area (Å²) in [6.07, 6.45) is 3.64. The first-order valence-electron chi connectivity index (χ1n) is 16.0. The molecule has 0 radical (unpaired) electrons. The van der Waals surface area contributed by atoms with Gasteiger partial charge in [-0.15, -0.1) is 22.6 Å². The van der Waals surface area contributed by atoms with E-state index in [4.69, 9.17) is 5.73 Å². The molecule has 3 aromatic carbocycles. The molecule has 1 unspecified atom stereocenters. The number of H-pyrrole nitrogens is 1. The Bertz CT molecular complexity index is 1660. The number of nitrogens with one attached hydrogen (secondary N) is 4. The van der Waals surface area contributed by atoms with Gasteiger partial charge in [0, 0.05) is 35.2 Å². The van der Waals surface area contributed by atoms with Gasteiger partial charge in [0.25, 0.3) is 5.91 Å². The van der Waals surface area contributed by atoms with E-state index in [1.807, 2.05) is 43.3 Å². The van der Waals surface area contributed by atoms with Crippen molar-refractivity contribution in [3.8, 4) is 22.5 Å². The van der Waals surface area contributed by atoms with Gasteiger partial charge in [-0.3, -0.25) is 14.4 Å². The molecule has 4 aromatic rings. The van der Waals surface area contributed by atoms with E-state index in [-0.39, 0.29) is 48.7 Å². The summed E-state index contributed by atoms with van der Waals surface area (Å²) in [4.78, 5) is 39.5. The summed E-state index contributed by atoms with van der Waals surface area (Å²) in [5.41, 5.74) is 11.5. The van der Waals surface area contributed by atoms with Gasteiger partial charge in [-0.2, -0.15) is 5.21 Å². The summed E-state index contributed by atoms with van der Waals surface area (Å²) in [5.74, 6) is 0.0791. The van der Waals surface area contributed by atoms with Gasteiger partial charge in [-0.25, -0.2) is 0 Å². The molecular weight excluding hydrogens is 632 g/mol. The molecule has 2 atom stereocenters. The maximum absolute atomic E-state index is 13.6. The van der Waals surface area contributed by atoms with E-state index >= 15 is 0 Å². The maximum atomic E-state index is 13.6. The normalized spacial score (nSPS) is 17.0. The molecule has 0 bridgehead atoms. The van der Waals surface area contributed by atoms with E-state index in [1.165, 1.54) is 0 Å². The number of nitrogens with zero attached hydrogens (tertiary/aromatic N) is 3. The van der Waals surface area contributed by atoms with Crippen molar-refractivity contribution >= 4 is 35.8 Å². The fourth-order valence-corrected chi connectivity index (χ4v) is 5.91. The average Bonchev–Trinajstić information content (AvgIpc) is 3.64. The number of anilines is 1. The molecule has 7 N–H and O–H groups in total. The molecule has 1 aliphatic carbocycles. The lowest BCUT2D eigenvalue weighted by Gasteiger charge is -2.28. The van der Waals surface area contributed by atoms with Gasteiger partial charge in [0.2, 0.25) is 17.6 Å². The van der Waals surface area contributed by atoms with E-state index in [0.29, 0.717) is 36.0 Å². The highest BCUT2D eigenvalue weighted by Crippen LogP contribution is 2.29. The standard InChI is InChI=1S/C35H42N8O4.ClH/c1-21-17-28(34(46)37-22(2)20-44)13-16-30(21)25-7-3-23(4-8-25)18-31(39-33(45)27-9-5-24(19-36)6-10-27)35(47)38-29-14-11-26(12-15-29)32-40-42-43-41-32;/h3-4,7-8,11-17,22,24,27,31,44H,5-6,9-10,18-20,36H2,1-2H3,(H,37,46)(H,38,47)(H,39,45)(H,40,41,42,43);1H/t22?,24?,27?,31-;/m0./s1. The first-order valence-corrected chi connectivity index (χ1v) is 16.0. The molecule has 1 saturated carbocycles. The predicted octanol–water partition coefficient (Wildman–Crippen LogP) is 3.81. The van der Waals surface area contributed by atoms with Crippen LogP contribution >= 0.6 is 12.4 Å². The number of carbonyl (C=O) groups excluding carboxylic acids is 3. The predicted molar refractivity (Wildman–Crippen MR) is 186 cm³/mol. The number of rotatable bonds is 12. The number of carbonyl (C=O) groups is 3. The summed E-state index contributed by atoms with van der Waals surface area (Å²) in [6.45, 7) is 4.18. The Hall–Kier alpha value is -4.65. The van der Waals surface area contributed by atoms with Crippen LogP contribution in [0.4, 0.5) is 5.69 Å². The lowest BCUT2D eigenvalue weighted by molar-refractivity contribution is -0.130. The monoisotopic (exact) mass is 674 g/mol. The van der Waals surface area contributed by atoms with Crippen LogP contribution in [0.2, 0.25) is 0 Å². The van der Waals surface area contributed by atoms with Crippen LogP contribution in [0.25, 0.3) is 22.5 Å². The molecule has 0 spiro atoms. The summed E-state index contributed by atoms with van der Waals surface area (Å²) in [5, 5.41) is 32.0. The summed E-state index contributed by atoms with van der Waals surface area (Å²) in [7, 11) is 0. The second kappa shape index (κ2) is 17.0. The van der Waals surface area contributed by atoms with Crippen molar-refractivity contribution in [2.45, 2.75) is 58.0 Å². The average molecular weight is 675 g/mol. The molecule has 1 fully saturated rings. The number of benzene rings is 3. The quantitative estimate of drug-likeness (QED) is 0.131. The van der Waals surface area contributed by atoms with Crippen molar-refractivity contribution in [1.29, 1.82) is 0 Å². The van der Waals surface area contributed by atoms with Crippen LogP contribution in [0, 0.1) is 18.8 Å². The number of nitrogens with two attached hydrogens (primary N) is 1. The third-order valence-electron chi connectivity index (χ3n) is 8.78. The highest BCUT2D eigenvalue weighted by atomic mass is 35.5. The van der Waals surface area contributed by atoms with E-state index in [2.05, 4.69) is 36.6 Å². The van der Waals surface area contributed by atoms with Crippen molar-refractivity contribution in [2.75, 3.05) is 18.5 Å². The Morgan fingerprint density at radius 1 is 0.958 bits per heavy atom. The topological polar surface area (TPSA) is 188 Å². The van der Waals surface area contributed by atoms with Crippen molar-refractivity contribution in [3.05, 3.63) is 83.4 Å². The third kappa shape index (κ3) is 9.24. The Labute approximate surface area is 286 Å². The lowest BCUT2D eigenvalue weighted by atomic mass is 9.81. The van der Waals surface area contributed by atoms with E-state index in [0.717, 1.165) is 53.5 Å². The smallest absolute Gasteiger partial charge is 0.251 e. The molecule has 1 heterocycles. The lowest BCUT2D eigenvalue weighted by Crippen LogP contribution is -2.48. The SMILES string of the molecule is Cc1cc(C(=O)NC(C)CO)ccc1-c1ccc(C[C@H](NC(=O)C2CCC(CN)CC2)C(=O)Nc2ccc(-c3nn[nH]n3)cc2)cc1.Cl. The molecule has 5 rings (SSSR count). The molecule has 48 heavy (non-hydrogen) atoms. The van der Waals surface area contributed by atoms with Crippen LogP contribution < -0.4 is 21.7 Å². The highest BCUT2D eigenvalue weighted by molar-refractivity contribution is 5.98. The van der Waals surface area contributed by atoms with Crippen LogP contribution in [-0.4, -0.2) is 68.7 Å². The number of aryl methyl sites for hydroxylation is 1. The van der Waals surface area contributed by atoms with E-state index in [9.17, 15) is 19.5 Å². The number of tetrazole rings is 1. The molecule has 0 aliphatic heterocycles. The van der Waals surface area contributed by atoms with E-state index < -0.39 is 6.04 Å². The Morgan fingerprint density at radius 3 is 2.25 bits per heavy atom. The van der Waals surface area contributed by atoms with Crippen LogP contribution in [0.1, 0.15) is 54.1 Å². The number of hydrogen-bond acceptors (Lipinski definition) is 8. The van der Waals surface area contributed by atoms with Gasteiger partial charge in [-0.05, 0) is 116 Å². The maximum Gasteiger partial charge on any atom is 0.251 e. The number of aromatic nitrogens is 4. The number of amides is 3. The first-order chi connectivity index (χ1) is 22.7. The fraction of sp³-hybridized carbons (Fsp3) is 0.371. The Morgan fingerprint density at radius 2 is 1.65 bits per heavy atom. The van der Waals surface area contributed by atoms with Crippen LogP contribution in [0.3, 0.4) is 0 Å². The van der Waals surface area contributed by atoms with Crippen molar-refractivity contribution in [2.24, 2.45) is 17.6 Å². The number of hydrogen-bond donors (Lipinski definition) is 6. The van der Waals surface area contributed by atoms with Gasteiger partial charge in [0.15, 0.2) is 0 Å². The van der Waals surface area contributed by atoms with Crippen LogP contribution in [0.15, 0.2) is 66.7 Å². The van der Waals surface area contributed by atoms with Crippen molar-refractivity contribution in [3.63, 3.8) is 0 Å². The molecule has 13 heteroatoms.